The number of carbonyl (C=O) groups excluding carboxylic acids is 1. The van der Waals surface area contributed by atoms with E-state index < -0.39 is 0 Å². The second-order valence-corrected chi connectivity index (χ2v) is 7.82. The van der Waals surface area contributed by atoms with Crippen LogP contribution < -0.4 is 4.74 Å². The van der Waals surface area contributed by atoms with Crippen LogP contribution in [0.1, 0.15) is 42.1 Å². The van der Waals surface area contributed by atoms with Crippen molar-refractivity contribution in [3.05, 3.63) is 58.1 Å². The van der Waals surface area contributed by atoms with Crippen LogP contribution >= 0.6 is 11.3 Å². The van der Waals surface area contributed by atoms with Crippen LogP contribution in [-0.2, 0) is 17.9 Å². The minimum Gasteiger partial charge on any atom is -0.486 e. The second-order valence-electron chi connectivity index (χ2n) is 6.88. The molecule has 4 nitrogen and oxygen atoms in total. The molecule has 0 aliphatic carbocycles. The number of carbonyl (C=O) groups is 1. The molecule has 0 saturated heterocycles. The zero-order chi connectivity index (χ0) is 19.1. The molecule has 1 heterocycles. The third-order valence-corrected chi connectivity index (χ3v) is 5.01. The number of aromatic nitrogens is 1. The maximum Gasteiger partial charge on any atom is 0.223 e. The van der Waals surface area contributed by atoms with E-state index in [1.807, 2.05) is 17.5 Å². The van der Waals surface area contributed by atoms with Crippen LogP contribution in [-0.4, -0.2) is 22.3 Å². The SMILES string of the molecule is C=CCN(Cc1csc(COc2cccc(C)c2C)n1)C(=O)CC(C)C. The lowest BCUT2D eigenvalue weighted by Crippen LogP contribution is -2.31. The normalized spacial score (nSPS) is 10.8. The van der Waals surface area contributed by atoms with E-state index >= 15 is 0 Å². The van der Waals surface area contributed by atoms with Gasteiger partial charge >= 0.3 is 0 Å². The topological polar surface area (TPSA) is 42.4 Å². The fraction of sp³-hybridized carbons (Fsp3) is 0.429. The van der Waals surface area contributed by atoms with Gasteiger partial charge in [-0.1, -0.05) is 32.1 Å². The summed E-state index contributed by atoms with van der Waals surface area (Å²) in [4.78, 5) is 18.8. The van der Waals surface area contributed by atoms with Crippen LogP contribution in [0.3, 0.4) is 0 Å². The van der Waals surface area contributed by atoms with Crippen molar-refractivity contribution < 1.29 is 9.53 Å². The smallest absolute Gasteiger partial charge is 0.223 e. The first-order chi connectivity index (χ1) is 12.4. The van der Waals surface area contributed by atoms with Crippen molar-refractivity contribution in [2.75, 3.05) is 6.54 Å². The predicted molar refractivity (Wildman–Crippen MR) is 107 cm³/mol. The maximum atomic E-state index is 12.4. The van der Waals surface area contributed by atoms with E-state index in [2.05, 4.69) is 45.3 Å². The minimum atomic E-state index is 0.140. The van der Waals surface area contributed by atoms with E-state index in [-0.39, 0.29) is 5.91 Å². The van der Waals surface area contributed by atoms with Gasteiger partial charge in [0.25, 0.3) is 0 Å². The lowest BCUT2D eigenvalue weighted by Gasteiger charge is -2.21. The number of benzene rings is 1. The molecule has 5 heteroatoms. The first-order valence-electron chi connectivity index (χ1n) is 8.91. The van der Waals surface area contributed by atoms with Gasteiger partial charge in [0.2, 0.25) is 5.91 Å². The Kier molecular flexibility index (Phi) is 7.39. The largest absolute Gasteiger partial charge is 0.486 e. The summed E-state index contributed by atoms with van der Waals surface area (Å²) >= 11 is 1.56. The van der Waals surface area contributed by atoms with E-state index in [9.17, 15) is 4.79 Å². The highest BCUT2D eigenvalue weighted by molar-refractivity contribution is 7.09. The van der Waals surface area contributed by atoms with Gasteiger partial charge in [-0.2, -0.15) is 0 Å². The molecule has 0 aliphatic rings. The lowest BCUT2D eigenvalue weighted by atomic mass is 10.1. The molecule has 0 N–H and O–H groups in total. The molecule has 0 bridgehead atoms. The predicted octanol–water partition coefficient (Wildman–Crippen LogP) is 4.90. The molecule has 1 amide bonds. The summed E-state index contributed by atoms with van der Waals surface area (Å²) in [6.45, 7) is 13.5. The molecule has 0 aliphatic heterocycles. The van der Waals surface area contributed by atoms with Gasteiger partial charge in [0.05, 0.1) is 12.2 Å². The summed E-state index contributed by atoms with van der Waals surface area (Å²) in [7, 11) is 0. The maximum absolute atomic E-state index is 12.4. The Hall–Kier alpha value is -2.14. The first kappa shape index (κ1) is 20.2. The number of rotatable bonds is 9. The van der Waals surface area contributed by atoms with E-state index in [0.29, 0.717) is 32.0 Å². The number of nitrogens with zero attached hydrogens (tertiary/aromatic N) is 2. The molecule has 0 atom stereocenters. The highest BCUT2D eigenvalue weighted by atomic mass is 32.1. The minimum absolute atomic E-state index is 0.140. The summed E-state index contributed by atoms with van der Waals surface area (Å²) in [5, 5.41) is 2.91. The molecule has 0 unspecified atom stereocenters. The average molecular weight is 373 g/mol. The number of ether oxygens (including phenoxy) is 1. The first-order valence-corrected chi connectivity index (χ1v) is 9.79. The molecular weight excluding hydrogens is 344 g/mol. The zero-order valence-electron chi connectivity index (χ0n) is 16.1. The van der Waals surface area contributed by atoms with Crippen LogP contribution in [0.2, 0.25) is 0 Å². The highest BCUT2D eigenvalue weighted by Gasteiger charge is 2.16. The molecule has 1 aromatic heterocycles. The molecule has 26 heavy (non-hydrogen) atoms. The Morgan fingerprint density at radius 2 is 2.15 bits per heavy atom. The molecule has 0 spiro atoms. The summed E-state index contributed by atoms with van der Waals surface area (Å²) in [5.74, 6) is 1.37. The van der Waals surface area contributed by atoms with Gasteiger partial charge in [-0.3, -0.25) is 4.79 Å². The van der Waals surface area contributed by atoms with Gasteiger partial charge in [0.1, 0.15) is 17.4 Å². The summed E-state index contributed by atoms with van der Waals surface area (Å²) in [5.41, 5.74) is 3.26. The van der Waals surface area contributed by atoms with Crippen molar-refractivity contribution in [1.82, 2.24) is 9.88 Å². The van der Waals surface area contributed by atoms with Crippen molar-refractivity contribution in [2.24, 2.45) is 5.92 Å². The Bertz CT molecular complexity index is 752. The number of hydrogen-bond donors (Lipinski definition) is 0. The molecule has 2 rings (SSSR count). The van der Waals surface area contributed by atoms with Crippen LogP contribution in [0.25, 0.3) is 0 Å². The third-order valence-electron chi connectivity index (χ3n) is 4.14. The number of hydrogen-bond acceptors (Lipinski definition) is 4. The van der Waals surface area contributed by atoms with Crippen molar-refractivity contribution in [3.8, 4) is 5.75 Å². The van der Waals surface area contributed by atoms with Crippen LogP contribution in [0.5, 0.6) is 5.75 Å². The molecule has 0 fully saturated rings. The number of amides is 1. The fourth-order valence-corrected chi connectivity index (χ4v) is 3.29. The van der Waals surface area contributed by atoms with Gasteiger partial charge in [-0.05, 0) is 37.0 Å². The van der Waals surface area contributed by atoms with Gasteiger partial charge < -0.3 is 9.64 Å². The van der Waals surface area contributed by atoms with Crippen LogP contribution in [0, 0.1) is 19.8 Å². The van der Waals surface area contributed by atoms with Gasteiger partial charge in [0, 0.05) is 18.3 Å². The third kappa shape index (κ3) is 5.70. The quantitative estimate of drug-likeness (QED) is 0.588. The van der Waals surface area contributed by atoms with E-state index in [1.54, 1.807) is 22.3 Å². The van der Waals surface area contributed by atoms with Crippen molar-refractivity contribution in [2.45, 2.75) is 47.3 Å². The molecule has 0 saturated carbocycles. The Labute approximate surface area is 160 Å². The van der Waals surface area contributed by atoms with Gasteiger partial charge in [-0.25, -0.2) is 4.98 Å². The van der Waals surface area contributed by atoms with E-state index in [4.69, 9.17) is 4.74 Å². The van der Waals surface area contributed by atoms with Crippen molar-refractivity contribution >= 4 is 17.2 Å². The number of thiazole rings is 1. The van der Waals surface area contributed by atoms with Crippen LogP contribution in [0.4, 0.5) is 0 Å². The lowest BCUT2D eigenvalue weighted by molar-refractivity contribution is -0.132. The summed E-state index contributed by atoms with van der Waals surface area (Å²) in [6.07, 6.45) is 2.30. The Morgan fingerprint density at radius 3 is 2.85 bits per heavy atom. The van der Waals surface area contributed by atoms with Crippen molar-refractivity contribution in [1.29, 1.82) is 0 Å². The Morgan fingerprint density at radius 1 is 1.38 bits per heavy atom. The standard InChI is InChI=1S/C21H28N2O2S/c1-6-10-23(21(24)11-15(2)3)12-18-14-26-20(22-18)13-25-19-9-7-8-16(4)17(19)5/h6-9,14-15H,1,10-13H2,2-5H3. The monoisotopic (exact) mass is 372 g/mol. The van der Waals surface area contributed by atoms with Crippen molar-refractivity contribution in [3.63, 3.8) is 0 Å². The van der Waals surface area contributed by atoms with E-state index in [1.165, 1.54) is 5.56 Å². The molecule has 140 valence electrons. The highest BCUT2D eigenvalue weighted by Crippen LogP contribution is 2.22. The summed E-state index contributed by atoms with van der Waals surface area (Å²) < 4.78 is 5.92. The molecule has 2 aromatic rings. The molecular formula is C21H28N2O2S. The second kappa shape index (κ2) is 9.53. The van der Waals surface area contributed by atoms with E-state index in [0.717, 1.165) is 22.0 Å². The van der Waals surface area contributed by atoms with Gasteiger partial charge in [0.15, 0.2) is 0 Å². The average Bonchev–Trinajstić information content (AvgIpc) is 3.03. The zero-order valence-corrected chi connectivity index (χ0v) is 16.9. The molecule has 0 radical (unpaired) electrons. The van der Waals surface area contributed by atoms with Crippen LogP contribution in [0.15, 0.2) is 36.2 Å². The fourth-order valence-electron chi connectivity index (χ4n) is 2.59. The summed E-state index contributed by atoms with van der Waals surface area (Å²) in [6, 6.07) is 6.05. The Balaban J connectivity index is 1.98. The van der Waals surface area contributed by atoms with Gasteiger partial charge in [-0.15, -0.1) is 17.9 Å². The number of aryl methyl sites for hydroxylation is 1. The molecule has 1 aromatic carbocycles.